The quantitative estimate of drug-likeness (QED) is 0.798. The lowest BCUT2D eigenvalue weighted by molar-refractivity contribution is 0.199. The number of fused-ring (bicyclic) bond motifs is 1. The summed E-state index contributed by atoms with van der Waals surface area (Å²) < 4.78 is 7.31. The number of anilines is 1. The number of methoxy groups -OCH3 is 1. The Kier molecular flexibility index (Phi) is 4.77. The Morgan fingerprint density at radius 3 is 3.05 bits per heavy atom. The van der Waals surface area contributed by atoms with E-state index in [-0.39, 0.29) is 0 Å². The topological polar surface area (TPSA) is 41.8 Å². The molecule has 1 N–H and O–H groups in total. The summed E-state index contributed by atoms with van der Waals surface area (Å²) in [6, 6.07) is 0.646. The average molecular weight is 308 g/mol. The summed E-state index contributed by atoms with van der Waals surface area (Å²) in [5.74, 6) is 1.14. The summed E-state index contributed by atoms with van der Waals surface area (Å²) in [5.41, 5.74) is 1.26. The van der Waals surface area contributed by atoms with E-state index in [0.29, 0.717) is 6.04 Å². The van der Waals surface area contributed by atoms with Gasteiger partial charge in [0.15, 0.2) is 10.8 Å². The number of hydrogen-bond acceptors (Lipinski definition) is 5. The van der Waals surface area contributed by atoms with Crippen molar-refractivity contribution in [2.75, 3.05) is 32.2 Å². The first-order valence-corrected chi connectivity index (χ1v) is 8.56. The molecule has 2 heterocycles. The monoisotopic (exact) mass is 308 g/mol. The fraction of sp³-hybridized carbons (Fsp3) is 0.667. The number of aromatic nitrogens is 2. The van der Waals surface area contributed by atoms with Crippen molar-refractivity contribution in [3.8, 4) is 0 Å². The highest BCUT2D eigenvalue weighted by Gasteiger charge is 2.24. The van der Waals surface area contributed by atoms with Crippen LogP contribution < -0.4 is 10.2 Å². The lowest BCUT2D eigenvalue weighted by Crippen LogP contribution is -2.31. The van der Waals surface area contributed by atoms with Gasteiger partial charge >= 0.3 is 0 Å². The third-order valence-electron chi connectivity index (χ3n) is 4.32. The van der Waals surface area contributed by atoms with Gasteiger partial charge < -0.3 is 15.0 Å². The van der Waals surface area contributed by atoms with Crippen LogP contribution in [-0.4, -0.2) is 42.7 Å². The minimum absolute atomic E-state index is 0.646. The highest BCUT2D eigenvalue weighted by Crippen LogP contribution is 2.30. The number of rotatable bonds is 7. The van der Waals surface area contributed by atoms with Gasteiger partial charge in [0, 0.05) is 44.9 Å². The Labute approximate surface area is 129 Å². The van der Waals surface area contributed by atoms with E-state index >= 15 is 0 Å². The molecule has 1 aliphatic carbocycles. The predicted molar refractivity (Wildman–Crippen MR) is 87.3 cm³/mol. The molecule has 0 bridgehead atoms. The lowest BCUT2D eigenvalue weighted by Gasteiger charge is -2.25. The molecule has 3 rings (SSSR count). The van der Waals surface area contributed by atoms with E-state index in [2.05, 4.69) is 33.2 Å². The minimum Gasteiger partial charge on any atom is -0.383 e. The maximum Gasteiger partial charge on any atom is 0.195 e. The molecule has 0 spiro atoms. The number of nitrogens with one attached hydrogen (secondary N) is 1. The fourth-order valence-electron chi connectivity index (χ4n) is 3.11. The second kappa shape index (κ2) is 6.77. The normalized spacial score (nSPS) is 16.1. The molecule has 0 aromatic carbocycles. The summed E-state index contributed by atoms with van der Waals surface area (Å²) in [4.78, 5) is 8.32. The van der Waals surface area contributed by atoms with Gasteiger partial charge in [0.25, 0.3) is 0 Å². The van der Waals surface area contributed by atoms with Crippen LogP contribution in [0, 0.1) is 0 Å². The minimum atomic E-state index is 0.646. The summed E-state index contributed by atoms with van der Waals surface area (Å²) in [6.07, 6.45) is 7.39. The molecule has 2 aromatic rings. The molecule has 0 atom stereocenters. The number of hydrogen-bond donors (Lipinski definition) is 1. The van der Waals surface area contributed by atoms with Crippen molar-refractivity contribution in [2.45, 2.75) is 38.3 Å². The number of nitrogens with zero attached hydrogens (tertiary/aromatic N) is 3. The summed E-state index contributed by atoms with van der Waals surface area (Å²) in [7, 11) is 3.93. The SMILES string of the molecule is COCCNCc1c(N(C)C2CCCC2)nc2sccn12. The number of ether oxygens (including phenoxy) is 1. The van der Waals surface area contributed by atoms with Crippen molar-refractivity contribution in [2.24, 2.45) is 0 Å². The fourth-order valence-corrected chi connectivity index (χ4v) is 3.84. The molecular formula is C15H24N4OS. The summed E-state index contributed by atoms with van der Waals surface area (Å²) >= 11 is 1.70. The maximum atomic E-state index is 5.10. The van der Waals surface area contributed by atoms with Crippen LogP contribution in [0.25, 0.3) is 4.96 Å². The highest BCUT2D eigenvalue weighted by atomic mass is 32.1. The lowest BCUT2D eigenvalue weighted by atomic mass is 10.2. The smallest absolute Gasteiger partial charge is 0.195 e. The van der Waals surface area contributed by atoms with E-state index in [1.165, 1.54) is 31.4 Å². The largest absolute Gasteiger partial charge is 0.383 e. The van der Waals surface area contributed by atoms with Gasteiger partial charge in [-0.1, -0.05) is 12.8 Å². The van der Waals surface area contributed by atoms with Crippen molar-refractivity contribution in [1.29, 1.82) is 0 Å². The third-order valence-corrected chi connectivity index (χ3v) is 5.08. The first-order valence-electron chi connectivity index (χ1n) is 7.68. The van der Waals surface area contributed by atoms with Crippen LogP contribution in [0.5, 0.6) is 0 Å². The Hall–Kier alpha value is -1.11. The first-order chi connectivity index (χ1) is 10.3. The first kappa shape index (κ1) is 14.8. The second-order valence-electron chi connectivity index (χ2n) is 5.66. The van der Waals surface area contributed by atoms with Crippen LogP contribution in [0.4, 0.5) is 5.82 Å². The van der Waals surface area contributed by atoms with Crippen LogP contribution >= 0.6 is 11.3 Å². The number of thiazole rings is 1. The standard InChI is InChI=1S/C15H24N4OS/c1-18(12-5-3-4-6-12)14-13(11-16-7-9-20-2)19-8-10-21-15(19)17-14/h8,10,12,16H,3-7,9,11H2,1-2H3. The Balaban J connectivity index is 1.80. The van der Waals surface area contributed by atoms with E-state index in [1.807, 2.05) is 0 Å². The van der Waals surface area contributed by atoms with Gasteiger partial charge in [-0.2, -0.15) is 0 Å². The Morgan fingerprint density at radius 2 is 2.29 bits per heavy atom. The van der Waals surface area contributed by atoms with E-state index in [0.717, 1.165) is 30.5 Å². The molecule has 5 nitrogen and oxygen atoms in total. The second-order valence-corrected chi connectivity index (χ2v) is 6.53. The van der Waals surface area contributed by atoms with Crippen molar-refractivity contribution >= 4 is 22.1 Å². The van der Waals surface area contributed by atoms with E-state index in [1.54, 1.807) is 18.4 Å². The van der Waals surface area contributed by atoms with Crippen LogP contribution in [0.3, 0.4) is 0 Å². The van der Waals surface area contributed by atoms with Gasteiger partial charge in [0.1, 0.15) is 0 Å². The van der Waals surface area contributed by atoms with Gasteiger partial charge in [0.05, 0.1) is 12.3 Å². The van der Waals surface area contributed by atoms with E-state index in [9.17, 15) is 0 Å². The average Bonchev–Trinajstić information content (AvgIpc) is 3.20. The van der Waals surface area contributed by atoms with Crippen molar-refractivity contribution in [3.63, 3.8) is 0 Å². The molecule has 116 valence electrons. The molecular weight excluding hydrogens is 284 g/mol. The molecule has 1 aliphatic rings. The molecule has 1 fully saturated rings. The van der Waals surface area contributed by atoms with Gasteiger partial charge in [-0.05, 0) is 12.8 Å². The van der Waals surface area contributed by atoms with Crippen LogP contribution in [0.2, 0.25) is 0 Å². The predicted octanol–water partition coefficient (Wildman–Crippen LogP) is 2.51. The van der Waals surface area contributed by atoms with E-state index < -0.39 is 0 Å². The van der Waals surface area contributed by atoms with Gasteiger partial charge in [-0.3, -0.25) is 4.40 Å². The molecule has 6 heteroatoms. The number of imidazole rings is 1. The Morgan fingerprint density at radius 1 is 1.48 bits per heavy atom. The van der Waals surface area contributed by atoms with Crippen LogP contribution in [0.15, 0.2) is 11.6 Å². The highest BCUT2D eigenvalue weighted by molar-refractivity contribution is 7.15. The zero-order valence-electron chi connectivity index (χ0n) is 12.8. The molecule has 0 unspecified atom stereocenters. The zero-order valence-corrected chi connectivity index (χ0v) is 13.7. The Bertz CT molecular complexity index is 573. The molecule has 1 saturated carbocycles. The van der Waals surface area contributed by atoms with Gasteiger partial charge in [-0.25, -0.2) is 4.98 Å². The van der Waals surface area contributed by atoms with Gasteiger partial charge in [0.2, 0.25) is 0 Å². The summed E-state index contributed by atoms with van der Waals surface area (Å²) in [6.45, 7) is 2.42. The summed E-state index contributed by atoms with van der Waals surface area (Å²) in [5, 5.41) is 5.55. The third kappa shape index (κ3) is 3.07. The molecule has 0 radical (unpaired) electrons. The zero-order chi connectivity index (χ0) is 14.7. The molecule has 0 amide bonds. The molecule has 2 aromatic heterocycles. The van der Waals surface area contributed by atoms with Crippen molar-refractivity contribution in [3.05, 3.63) is 17.3 Å². The van der Waals surface area contributed by atoms with Crippen LogP contribution in [0.1, 0.15) is 31.4 Å². The molecule has 0 saturated heterocycles. The van der Waals surface area contributed by atoms with Crippen molar-refractivity contribution < 1.29 is 4.74 Å². The maximum absolute atomic E-state index is 5.10. The van der Waals surface area contributed by atoms with Crippen molar-refractivity contribution in [1.82, 2.24) is 14.7 Å². The van der Waals surface area contributed by atoms with Gasteiger partial charge in [-0.15, -0.1) is 11.3 Å². The van der Waals surface area contributed by atoms with E-state index in [4.69, 9.17) is 9.72 Å². The van der Waals surface area contributed by atoms with Crippen LogP contribution in [-0.2, 0) is 11.3 Å². The molecule has 21 heavy (non-hydrogen) atoms. The molecule has 0 aliphatic heterocycles.